The summed E-state index contributed by atoms with van der Waals surface area (Å²) >= 11 is 6.04. The molecule has 0 radical (unpaired) electrons. The number of ether oxygens (including phenoxy) is 1. The first-order valence-electron chi connectivity index (χ1n) is 6.02. The number of rotatable bonds is 3. The first-order chi connectivity index (χ1) is 8.22. The average molecular weight is 253 g/mol. The second kappa shape index (κ2) is 5.09. The van der Waals surface area contributed by atoms with E-state index < -0.39 is 5.41 Å². The summed E-state index contributed by atoms with van der Waals surface area (Å²) in [4.78, 5) is 11.6. The molecule has 1 aliphatic rings. The maximum Gasteiger partial charge on any atom is 0.130 e. The van der Waals surface area contributed by atoms with Gasteiger partial charge in [0.25, 0.3) is 0 Å². The van der Waals surface area contributed by atoms with Crippen LogP contribution < -0.4 is 4.74 Å². The van der Waals surface area contributed by atoms with Crippen molar-refractivity contribution in [1.82, 2.24) is 0 Å². The summed E-state index contributed by atoms with van der Waals surface area (Å²) in [5.41, 5.74) is 0.552. The number of carbonyl (C=O) groups excluding carboxylic acids is 1. The molecular weight excluding hydrogens is 236 g/mol. The Morgan fingerprint density at radius 2 is 2.00 bits per heavy atom. The van der Waals surface area contributed by atoms with Gasteiger partial charge in [0, 0.05) is 10.6 Å². The van der Waals surface area contributed by atoms with Crippen LogP contribution in [0.25, 0.3) is 0 Å². The Kier molecular flexibility index (Phi) is 3.72. The Morgan fingerprint density at radius 1 is 1.29 bits per heavy atom. The number of hydrogen-bond acceptors (Lipinski definition) is 2. The summed E-state index contributed by atoms with van der Waals surface area (Å²) in [6.45, 7) is 0. The van der Waals surface area contributed by atoms with E-state index >= 15 is 0 Å². The predicted octanol–water partition coefficient (Wildman–Crippen LogP) is 3.75. The monoisotopic (exact) mass is 252 g/mol. The maximum atomic E-state index is 11.6. The van der Waals surface area contributed by atoms with Gasteiger partial charge in [0.1, 0.15) is 12.0 Å². The van der Waals surface area contributed by atoms with Crippen molar-refractivity contribution in [3.8, 4) is 5.75 Å². The van der Waals surface area contributed by atoms with E-state index in [1.807, 2.05) is 12.1 Å². The minimum Gasteiger partial charge on any atom is -0.496 e. The highest BCUT2D eigenvalue weighted by Crippen LogP contribution is 2.42. The molecule has 1 aromatic rings. The molecule has 92 valence electrons. The van der Waals surface area contributed by atoms with E-state index in [9.17, 15) is 4.79 Å². The van der Waals surface area contributed by atoms with E-state index in [2.05, 4.69) is 0 Å². The third-order valence-corrected chi connectivity index (χ3v) is 3.90. The van der Waals surface area contributed by atoms with Crippen LogP contribution in [-0.2, 0) is 10.2 Å². The molecule has 0 saturated heterocycles. The first kappa shape index (κ1) is 12.4. The normalized spacial score (nSPS) is 18.7. The number of aldehydes is 1. The fourth-order valence-corrected chi connectivity index (χ4v) is 2.87. The summed E-state index contributed by atoms with van der Waals surface area (Å²) in [5.74, 6) is 0.767. The minimum atomic E-state index is -0.394. The van der Waals surface area contributed by atoms with Crippen molar-refractivity contribution in [3.05, 3.63) is 28.8 Å². The van der Waals surface area contributed by atoms with Gasteiger partial charge in [0.2, 0.25) is 0 Å². The Balaban J connectivity index is 2.48. The molecule has 0 unspecified atom stereocenters. The Bertz CT molecular complexity index is 409. The quantitative estimate of drug-likeness (QED) is 0.766. The topological polar surface area (TPSA) is 26.3 Å². The van der Waals surface area contributed by atoms with E-state index in [-0.39, 0.29) is 0 Å². The molecule has 1 saturated carbocycles. The third kappa shape index (κ3) is 2.32. The fourth-order valence-electron chi connectivity index (χ4n) is 2.70. The zero-order valence-corrected chi connectivity index (χ0v) is 10.8. The lowest BCUT2D eigenvalue weighted by Gasteiger charge is -2.33. The van der Waals surface area contributed by atoms with Crippen molar-refractivity contribution in [1.29, 1.82) is 0 Å². The van der Waals surface area contributed by atoms with Gasteiger partial charge < -0.3 is 9.53 Å². The number of carbonyl (C=O) groups is 1. The molecule has 0 aromatic heterocycles. The molecule has 3 heteroatoms. The van der Waals surface area contributed by atoms with E-state index in [0.717, 1.165) is 43.3 Å². The van der Waals surface area contributed by atoms with Gasteiger partial charge >= 0.3 is 0 Å². The highest BCUT2D eigenvalue weighted by Gasteiger charge is 2.36. The van der Waals surface area contributed by atoms with Gasteiger partial charge in [-0.25, -0.2) is 0 Å². The van der Waals surface area contributed by atoms with Crippen LogP contribution in [0.4, 0.5) is 0 Å². The third-order valence-electron chi connectivity index (χ3n) is 3.67. The number of halogens is 1. The highest BCUT2D eigenvalue weighted by atomic mass is 35.5. The molecule has 0 atom stereocenters. The van der Waals surface area contributed by atoms with Crippen LogP contribution in [0.1, 0.15) is 37.7 Å². The van der Waals surface area contributed by atoms with Gasteiger partial charge in [0.15, 0.2) is 0 Å². The summed E-state index contributed by atoms with van der Waals surface area (Å²) in [6, 6.07) is 5.52. The predicted molar refractivity (Wildman–Crippen MR) is 68.8 cm³/mol. The zero-order chi connectivity index (χ0) is 12.3. The van der Waals surface area contributed by atoms with E-state index in [1.54, 1.807) is 13.2 Å². The second-order valence-electron chi connectivity index (χ2n) is 4.68. The lowest BCUT2D eigenvalue weighted by molar-refractivity contribution is -0.113. The number of methoxy groups -OCH3 is 1. The van der Waals surface area contributed by atoms with Crippen molar-refractivity contribution in [3.63, 3.8) is 0 Å². The molecular formula is C14H17ClO2. The molecule has 0 spiro atoms. The summed E-state index contributed by atoms with van der Waals surface area (Å²) in [7, 11) is 1.63. The van der Waals surface area contributed by atoms with Crippen molar-refractivity contribution in [2.75, 3.05) is 7.11 Å². The van der Waals surface area contributed by atoms with Gasteiger partial charge in [-0.2, -0.15) is 0 Å². The van der Waals surface area contributed by atoms with Crippen LogP contribution in [-0.4, -0.2) is 13.4 Å². The van der Waals surface area contributed by atoms with Crippen molar-refractivity contribution in [2.45, 2.75) is 37.5 Å². The average Bonchev–Trinajstić information content (AvgIpc) is 2.39. The molecule has 2 nitrogen and oxygen atoms in total. The maximum absolute atomic E-state index is 11.6. The van der Waals surface area contributed by atoms with Gasteiger partial charge in [-0.15, -0.1) is 0 Å². The van der Waals surface area contributed by atoms with Gasteiger partial charge in [0.05, 0.1) is 12.5 Å². The molecule has 1 aliphatic carbocycles. The minimum absolute atomic E-state index is 0.394. The molecule has 1 aromatic carbocycles. The number of hydrogen-bond donors (Lipinski definition) is 0. The van der Waals surface area contributed by atoms with Gasteiger partial charge in [-0.3, -0.25) is 0 Å². The Hall–Kier alpha value is -1.02. The standard InChI is InChI=1S/C14H17ClO2/c1-17-13-6-5-11(15)9-12(13)14(10-16)7-3-2-4-8-14/h5-6,9-10H,2-4,7-8H2,1H3. The lowest BCUT2D eigenvalue weighted by Crippen LogP contribution is -2.31. The molecule has 2 rings (SSSR count). The summed E-state index contributed by atoms with van der Waals surface area (Å²) < 4.78 is 5.36. The number of benzene rings is 1. The zero-order valence-electron chi connectivity index (χ0n) is 10.0. The van der Waals surface area contributed by atoms with E-state index in [0.29, 0.717) is 5.02 Å². The van der Waals surface area contributed by atoms with Crippen LogP contribution in [0, 0.1) is 0 Å². The van der Waals surface area contributed by atoms with Crippen LogP contribution in [0.2, 0.25) is 5.02 Å². The Morgan fingerprint density at radius 3 is 2.59 bits per heavy atom. The molecule has 0 aliphatic heterocycles. The molecule has 0 N–H and O–H groups in total. The van der Waals surface area contributed by atoms with Crippen molar-refractivity contribution in [2.24, 2.45) is 0 Å². The molecule has 17 heavy (non-hydrogen) atoms. The fraction of sp³-hybridized carbons (Fsp3) is 0.500. The summed E-state index contributed by atoms with van der Waals surface area (Å²) in [6.07, 6.45) is 6.27. The van der Waals surface area contributed by atoms with Crippen LogP contribution in [0.15, 0.2) is 18.2 Å². The van der Waals surface area contributed by atoms with Gasteiger partial charge in [-0.1, -0.05) is 30.9 Å². The largest absolute Gasteiger partial charge is 0.496 e. The molecule has 1 fully saturated rings. The second-order valence-corrected chi connectivity index (χ2v) is 5.12. The SMILES string of the molecule is COc1ccc(Cl)cc1C1(C=O)CCCCC1. The smallest absolute Gasteiger partial charge is 0.130 e. The highest BCUT2D eigenvalue weighted by molar-refractivity contribution is 6.30. The molecule has 0 bridgehead atoms. The van der Waals surface area contributed by atoms with Gasteiger partial charge in [-0.05, 0) is 31.0 Å². The van der Waals surface area contributed by atoms with Crippen LogP contribution in [0.3, 0.4) is 0 Å². The first-order valence-corrected chi connectivity index (χ1v) is 6.40. The Labute approximate surface area is 107 Å². The molecule has 0 heterocycles. The summed E-state index contributed by atoms with van der Waals surface area (Å²) in [5, 5.41) is 0.660. The van der Waals surface area contributed by atoms with Crippen LogP contribution in [0.5, 0.6) is 5.75 Å². The van der Waals surface area contributed by atoms with E-state index in [4.69, 9.17) is 16.3 Å². The lowest BCUT2D eigenvalue weighted by atomic mass is 9.70. The van der Waals surface area contributed by atoms with E-state index in [1.165, 1.54) is 6.42 Å². The van der Waals surface area contributed by atoms with Crippen molar-refractivity contribution >= 4 is 17.9 Å². The van der Waals surface area contributed by atoms with Crippen molar-refractivity contribution < 1.29 is 9.53 Å². The molecule has 0 amide bonds. The van der Waals surface area contributed by atoms with Crippen LogP contribution >= 0.6 is 11.6 Å².